The molecule has 1 aliphatic carbocycles. The van der Waals surface area contributed by atoms with E-state index in [9.17, 15) is 14.3 Å². The van der Waals surface area contributed by atoms with Crippen LogP contribution in [0.3, 0.4) is 0 Å². The smallest absolute Gasteiger partial charge is 0.270 e. The van der Waals surface area contributed by atoms with Crippen molar-refractivity contribution in [1.82, 2.24) is 10.3 Å². The molecule has 0 bridgehead atoms. The number of aromatic nitrogens is 1. The molecule has 1 fully saturated rings. The predicted molar refractivity (Wildman–Crippen MR) is 82.0 cm³/mol. The molecule has 1 aromatic heterocycles. The molecule has 1 aromatic carbocycles. The van der Waals surface area contributed by atoms with Crippen LogP contribution >= 0.6 is 0 Å². The molecule has 1 aliphatic rings. The van der Waals surface area contributed by atoms with Crippen LogP contribution in [0.25, 0.3) is 10.9 Å². The number of nitrogens with one attached hydrogen (secondary N) is 1. The van der Waals surface area contributed by atoms with E-state index in [1.165, 1.54) is 6.07 Å². The molecule has 0 aliphatic heterocycles. The van der Waals surface area contributed by atoms with Crippen LogP contribution in [-0.2, 0) is 0 Å². The molecule has 0 unspecified atom stereocenters. The van der Waals surface area contributed by atoms with Gasteiger partial charge in [0, 0.05) is 11.4 Å². The second-order valence-corrected chi connectivity index (χ2v) is 5.88. The van der Waals surface area contributed by atoms with Gasteiger partial charge in [-0.2, -0.15) is 0 Å². The molecule has 4 nitrogen and oxygen atoms in total. The quantitative estimate of drug-likeness (QED) is 0.912. The van der Waals surface area contributed by atoms with Gasteiger partial charge in [0.1, 0.15) is 17.0 Å². The highest BCUT2D eigenvalue weighted by Gasteiger charge is 2.34. The Kier molecular flexibility index (Phi) is 4.07. The van der Waals surface area contributed by atoms with Crippen LogP contribution in [0.5, 0.6) is 0 Å². The first-order valence-corrected chi connectivity index (χ1v) is 7.62. The highest BCUT2D eigenvalue weighted by molar-refractivity contribution is 5.95. The van der Waals surface area contributed by atoms with E-state index in [2.05, 4.69) is 10.3 Å². The standard InChI is InChI=1S/C17H19FN2O2/c1-2-14(11-8-12(21)9-11)20-17(22)15-7-6-10-4-3-5-13(18)16(10)19-15/h3-7,11-12,14,21H,2,8-9H2,1H3,(H,20,22)/t11?,12?,14-/m1/s1. The Morgan fingerprint density at radius 3 is 2.86 bits per heavy atom. The SMILES string of the molecule is CC[C@@H](NC(=O)c1ccc2cccc(F)c2n1)C1CC(O)C1. The maximum atomic E-state index is 13.8. The third-order valence-corrected chi connectivity index (χ3v) is 4.38. The summed E-state index contributed by atoms with van der Waals surface area (Å²) in [5, 5.41) is 13.0. The van der Waals surface area contributed by atoms with Gasteiger partial charge in [0.25, 0.3) is 5.91 Å². The Bertz CT molecular complexity index is 698. The number of aliphatic hydroxyl groups is 1. The van der Waals surface area contributed by atoms with E-state index in [-0.39, 0.29) is 29.3 Å². The maximum absolute atomic E-state index is 13.8. The largest absolute Gasteiger partial charge is 0.393 e. The minimum Gasteiger partial charge on any atom is -0.393 e. The highest BCUT2D eigenvalue weighted by Crippen LogP contribution is 2.31. The minimum atomic E-state index is -0.429. The number of amides is 1. The number of hydrogen-bond acceptors (Lipinski definition) is 3. The zero-order chi connectivity index (χ0) is 15.7. The van der Waals surface area contributed by atoms with Crippen LogP contribution in [0.4, 0.5) is 4.39 Å². The summed E-state index contributed by atoms with van der Waals surface area (Å²) in [6, 6.07) is 8.05. The summed E-state index contributed by atoms with van der Waals surface area (Å²) in [7, 11) is 0. The van der Waals surface area contributed by atoms with E-state index in [1.54, 1.807) is 24.3 Å². The molecule has 2 aromatic rings. The van der Waals surface area contributed by atoms with Crippen molar-refractivity contribution in [3.63, 3.8) is 0 Å². The van der Waals surface area contributed by atoms with Crippen LogP contribution in [0.2, 0.25) is 0 Å². The van der Waals surface area contributed by atoms with Crippen molar-refractivity contribution in [2.45, 2.75) is 38.3 Å². The number of fused-ring (bicyclic) bond motifs is 1. The third kappa shape index (κ3) is 2.81. The van der Waals surface area contributed by atoms with Gasteiger partial charge < -0.3 is 10.4 Å². The van der Waals surface area contributed by atoms with Gasteiger partial charge >= 0.3 is 0 Å². The molecule has 116 valence electrons. The molecule has 5 heteroatoms. The first kappa shape index (κ1) is 14.9. The fourth-order valence-electron chi connectivity index (χ4n) is 2.99. The molecule has 0 spiro atoms. The molecular weight excluding hydrogens is 283 g/mol. The molecule has 1 heterocycles. The molecular formula is C17H19FN2O2. The molecule has 1 atom stereocenters. The molecule has 2 N–H and O–H groups in total. The lowest BCUT2D eigenvalue weighted by atomic mass is 9.76. The first-order valence-electron chi connectivity index (χ1n) is 7.62. The van der Waals surface area contributed by atoms with Crippen LogP contribution in [0.15, 0.2) is 30.3 Å². The van der Waals surface area contributed by atoms with Crippen molar-refractivity contribution in [2.24, 2.45) is 5.92 Å². The monoisotopic (exact) mass is 302 g/mol. The second kappa shape index (κ2) is 6.01. The normalized spacial score (nSPS) is 22.1. The van der Waals surface area contributed by atoms with Crippen molar-refractivity contribution in [2.75, 3.05) is 0 Å². The van der Waals surface area contributed by atoms with Crippen LogP contribution in [0.1, 0.15) is 36.7 Å². The average molecular weight is 302 g/mol. The summed E-state index contributed by atoms with van der Waals surface area (Å²) in [5.74, 6) is -0.416. The van der Waals surface area contributed by atoms with Crippen molar-refractivity contribution in [3.8, 4) is 0 Å². The number of halogens is 1. The van der Waals surface area contributed by atoms with Gasteiger partial charge in [-0.25, -0.2) is 9.37 Å². The van der Waals surface area contributed by atoms with Gasteiger partial charge in [-0.05, 0) is 37.3 Å². The van der Waals surface area contributed by atoms with Crippen LogP contribution in [-0.4, -0.2) is 28.1 Å². The van der Waals surface area contributed by atoms with Gasteiger partial charge in [0.05, 0.1) is 6.10 Å². The number of hydrogen-bond donors (Lipinski definition) is 2. The van der Waals surface area contributed by atoms with Crippen molar-refractivity contribution >= 4 is 16.8 Å². The molecule has 1 amide bonds. The zero-order valence-corrected chi connectivity index (χ0v) is 12.4. The summed E-state index contributed by atoms with van der Waals surface area (Å²) in [4.78, 5) is 16.5. The Morgan fingerprint density at radius 1 is 1.41 bits per heavy atom. The Morgan fingerprint density at radius 2 is 2.18 bits per heavy atom. The van der Waals surface area contributed by atoms with E-state index >= 15 is 0 Å². The van der Waals surface area contributed by atoms with E-state index in [0.29, 0.717) is 11.3 Å². The van der Waals surface area contributed by atoms with Gasteiger partial charge in [-0.3, -0.25) is 4.79 Å². The molecule has 0 saturated heterocycles. The summed E-state index contributed by atoms with van der Waals surface area (Å²) in [6.07, 6.45) is 1.99. The molecule has 0 radical (unpaired) electrons. The summed E-state index contributed by atoms with van der Waals surface area (Å²) in [5.41, 5.74) is 0.429. The highest BCUT2D eigenvalue weighted by atomic mass is 19.1. The second-order valence-electron chi connectivity index (χ2n) is 5.88. The lowest BCUT2D eigenvalue weighted by molar-refractivity contribution is 0.0232. The fraction of sp³-hybridized carbons (Fsp3) is 0.412. The van der Waals surface area contributed by atoms with Crippen molar-refractivity contribution < 1.29 is 14.3 Å². The number of aliphatic hydroxyl groups excluding tert-OH is 1. The molecule has 1 saturated carbocycles. The van der Waals surface area contributed by atoms with Crippen LogP contribution < -0.4 is 5.32 Å². The van der Waals surface area contributed by atoms with Gasteiger partial charge in [-0.1, -0.05) is 25.1 Å². The number of pyridine rings is 1. The van der Waals surface area contributed by atoms with Crippen molar-refractivity contribution in [1.29, 1.82) is 0 Å². The third-order valence-electron chi connectivity index (χ3n) is 4.38. The van der Waals surface area contributed by atoms with Crippen LogP contribution in [0, 0.1) is 11.7 Å². The zero-order valence-electron chi connectivity index (χ0n) is 12.4. The minimum absolute atomic E-state index is 0.0222. The number of carbonyl (C=O) groups is 1. The topological polar surface area (TPSA) is 62.2 Å². The summed E-state index contributed by atoms with van der Waals surface area (Å²) >= 11 is 0. The Hall–Kier alpha value is -2.01. The first-order chi connectivity index (χ1) is 10.6. The Labute approximate surface area is 128 Å². The lowest BCUT2D eigenvalue weighted by Gasteiger charge is -2.37. The number of para-hydroxylation sites is 1. The average Bonchev–Trinajstić information content (AvgIpc) is 2.50. The van der Waals surface area contributed by atoms with E-state index in [0.717, 1.165) is 19.3 Å². The van der Waals surface area contributed by atoms with E-state index in [1.807, 2.05) is 6.92 Å². The number of nitrogens with zero attached hydrogens (tertiary/aromatic N) is 1. The number of rotatable bonds is 4. The Balaban J connectivity index is 1.78. The van der Waals surface area contributed by atoms with Gasteiger partial charge in [0.2, 0.25) is 0 Å². The summed E-state index contributed by atoms with van der Waals surface area (Å²) < 4.78 is 13.8. The lowest BCUT2D eigenvalue weighted by Crippen LogP contribution is -2.46. The summed E-state index contributed by atoms with van der Waals surface area (Å²) in [6.45, 7) is 2.00. The van der Waals surface area contributed by atoms with Crippen molar-refractivity contribution in [3.05, 3.63) is 41.8 Å². The molecule has 3 rings (SSSR count). The fourth-order valence-corrected chi connectivity index (χ4v) is 2.99. The van der Waals surface area contributed by atoms with E-state index < -0.39 is 5.82 Å². The van der Waals surface area contributed by atoms with Gasteiger partial charge in [-0.15, -0.1) is 0 Å². The maximum Gasteiger partial charge on any atom is 0.270 e. The number of benzene rings is 1. The molecule has 22 heavy (non-hydrogen) atoms. The predicted octanol–water partition coefficient (Wildman–Crippen LogP) is 2.65. The van der Waals surface area contributed by atoms with Gasteiger partial charge in [0.15, 0.2) is 0 Å². The van der Waals surface area contributed by atoms with E-state index in [4.69, 9.17) is 0 Å². The number of carbonyl (C=O) groups excluding carboxylic acids is 1.